The molecule has 3 aromatic carbocycles. The van der Waals surface area contributed by atoms with Crippen LogP contribution in [0.25, 0.3) is 16.5 Å². The Balaban J connectivity index is 1.55. The monoisotopic (exact) mass is 488 g/mol. The van der Waals surface area contributed by atoms with E-state index in [1.54, 1.807) is 31.2 Å². The van der Waals surface area contributed by atoms with E-state index in [1.165, 1.54) is 10.9 Å². The standard InChI is InChI=1S/C24H17BrN4O3/c1-13-6-8-15(9-7-13)28-24(32)19(14(2)27-28)12-26-29-22(30)17-5-3-4-16-20(25)11-10-18(21(16)17)23(29)31/h3-12,27H,1-2H3/b26-12+. The average molecular weight is 489 g/mol. The van der Waals surface area contributed by atoms with Crippen molar-refractivity contribution in [2.24, 2.45) is 5.10 Å². The minimum absolute atomic E-state index is 0.269. The molecule has 0 saturated carbocycles. The van der Waals surface area contributed by atoms with E-state index in [0.29, 0.717) is 27.9 Å². The minimum atomic E-state index is -0.533. The molecule has 2 amide bonds. The fourth-order valence-corrected chi connectivity index (χ4v) is 4.32. The molecule has 1 aromatic heterocycles. The maximum absolute atomic E-state index is 13.1. The fourth-order valence-electron chi connectivity index (χ4n) is 3.86. The number of hydrogen-bond donors (Lipinski definition) is 1. The molecule has 4 aromatic rings. The van der Waals surface area contributed by atoms with Gasteiger partial charge in [0.15, 0.2) is 0 Å². The van der Waals surface area contributed by atoms with Crippen LogP contribution in [0.3, 0.4) is 0 Å². The molecule has 7 nitrogen and oxygen atoms in total. The molecule has 8 heteroatoms. The van der Waals surface area contributed by atoms with Gasteiger partial charge in [-0.1, -0.05) is 45.8 Å². The summed E-state index contributed by atoms with van der Waals surface area (Å²) in [5, 5.41) is 9.34. The van der Waals surface area contributed by atoms with Gasteiger partial charge >= 0.3 is 0 Å². The third-order valence-corrected chi connectivity index (χ3v) is 6.24. The smallest absolute Gasteiger partial charge is 0.282 e. The Morgan fingerprint density at radius 1 is 0.906 bits per heavy atom. The number of hydrogen-bond acceptors (Lipinski definition) is 4. The predicted molar refractivity (Wildman–Crippen MR) is 126 cm³/mol. The first-order chi connectivity index (χ1) is 15.4. The molecule has 0 spiro atoms. The molecule has 0 bridgehead atoms. The Morgan fingerprint density at radius 3 is 2.31 bits per heavy atom. The van der Waals surface area contributed by atoms with Crippen LogP contribution in [0.2, 0.25) is 0 Å². The number of nitrogens with one attached hydrogen (secondary N) is 1. The van der Waals surface area contributed by atoms with Crippen LogP contribution in [0.15, 0.2) is 69.0 Å². The molecule has 0 saturated heterocycles. The van der Waals surface area contributed by atoms with Crippen molar-refractivity contribution < 1.29 is 9.59 Å². The number of amides is 2. The molecule has 1 N–H and O–H groups in total. The van der Waals surface area contributed by atoms with Gasteiger partial charge < -0.3 is 0 Å². The first kappa shape index (κ1) is 20.1. The van der Waals surface area contributed by atoms with Crippen molar-refractivity contribution in [3.63, 3.8) is 0 Å². The number of aromatic amines is 1. The topological polar surface area (TPSA) is 87.5 Å². The lowest BCUT2D eigenvalue weighted by atomic mass is 9.95. The maximum atomic E-state index is 13.1. The van der Waals surface area contributed by atoms with E-state index in [4.69, 9.17) is 0 Å². The SMILES string of the molecule is Cc1ccc(-n2[nH]c(C)c(/C=N/N3C(=O)c4cccc5c(Br)ccc(c45)C3=O)c2=O)cc1. The Labute approximate surface area is 191 Å². The van der Waals surface area contributed by atoms with Crippen LogP contribution < -0.4 is 5.56 Å². The van der Waals surface area contributed by atoms with Crippen molar-refractivity contribution in [3.8, 4) is 5.69 Å². The number of halogens is 1. The van der Waals surface area contributed by atoms with Gasteiger partial charge in [-0.3, -0.25) is 19.5 Å². The number of aryl methyl sites for hydroxylation is 2. The van der Waals surface area contributed by atoms with Crippen LogP contribution in [-0.4, -0.2) is 32.8 Å². The lowest BCUT2D eigenvalue weighted by Gasteiger charge is -2.23. The molecule has 0 unspecified atom stereocenters. The van der Waals surface area contributed by atoms with Gasteiger partial charge in [-0.2, -0.15) is 10.1 Å². The van der Waals surface area contributed by atoms with Crippen molar-refractivity contribution in [2.45, 2.75) is 13.8 Å². The molecule has 1 aliphatic heterocycles. The molecular weight excluding hydrogens is 472 g/mol. The number of nitrogens with zero attached hydrogens (tertiary/aromatic N) is 3. The van der Waals surface area contributed by atoms with Crippen molar-refractivity contribution in [3.05, 3.63) is 97.4 Å². The third kappa shape index (κ3) is 3.03. The normalized spacial score (nSPS) is 13.5. The zero-order chi connectivity index (χ0) is 22.6. The highest BCUT2D eigenvalue weighted by Gasteiger charge is 2.33. The van der Waals surface area contributed by atoms with Gasteiger partial charge in [-0.05, 0) is 49.6 Å². The number of imide groups is 1. The highest BCUT2D eigenvalue weighted by Crippen LogP contribution is 2.34. The summed E-state index contributed by atoms with van der Waals surface area (Å²) in [5.74, 6) is -1.07. The van der Waals surface area contributed by atoms with Crippen LogP contribution >= 0.6 is 15.9 Å². The Hall–Kier alpha value is -3.78. The van der Waals surface area contributed by atoms with E-state index < -0.39 is 11.8 Å². The minimum Gasteiger partial charge on any atom is -0.295 e. The van der Waals surface area contributed by atoms with E-state index in [2.05, 4.69) is 26.1 Å². The van der Waals surface area contributed by atoms with Gasteiger partial charge in [0.25, 0.3) is 17.4 Å². The Bertz CT molecular complexity index is 1490. The number of carbonyl (C=O) groups is 2. The first-order valence-electron chi connectivity index (χ1n) is 9.89. The lowest BCUT2D eigenvalue weighted by molar-refractivity contribution is 0.0616. The summed E-state index contributed by atoms with van der Waals surface area (Å²) >= 11 is 3.47. The van der Waals surface area contributed by atoms with E-state index in [0.717, 1.165) is 20.4 Å². The lowest BCUT2D eigenvalue weighted by Crippen LogP contribution is -2.36. The molecule has 1 aliphatic rings. The van der Waals surface area contributed by atoms with Crippen molar-refractivity contribution in [1.29, 1.82) is 0 Å². The summed E-state index contributed by atoms with van der Waals surface area (Å²) < 4.78 is 2.21. The number of rotatable bonds is 3. The average Bonchev–Trinajstić information content (AvgIpc) is 3.07. The fraction of sp³-hybridized carbons (Fsp3) is 0.0833. The number of aromatic nitrogens is 2. The molecular formula is C24H17BrN4O3. The summed E-state index contributed by atoms with van der Waals surface area (Å²) in [6.45, 7) is 3.70. The largest absolute Gasteiger partial charge is 0.295 e. The van der Waals surface area contributed by atoms with Gasteiger partial charge in [0, 0.05) is 15.6 Å². The quantitative estimate of drug-likeness (QED) is 0.343. The van der Waals surface area contributed by atoms with Crippen LogP contribution in [0.5, 0.6) is 0 Å². The van der Waals surface area contributed by atoms with Crippen LogP contribution in [0, 0.1) is 13.8 Å². The molecule has 0 radical (unpaired) electrons. The second-order valence-electron chi connectivity index (χ2n) is 7.62. The second-order valence-corrected chi connectivity index (χ2v) is 8.47. The number of benzene rings is 3. The van der Waals surface area contributed by atoms with Gasteiger partial charge in [0.2, 0.25) is 0 Å². The molecule has 5 rings (SSSR count). The van der Waals surface area contributed by atoms with E-state index in [1.807, 2.05) is 37.3 Å². The van der Waals surface area contributed by atoms with Gasteiger partial charge in [-0.15, -0.1) is 0 Å². The van der Waals surface area contributed by atoms with E-state index in [9.17, 15) is 14.4 Å². The number of H-pyrrole nitrogens is 1. The van der Waals surface area contributed by atoms with Gasteiger partial charge in [-0.25, -0.2) is 4.68 Å². The summed E-state index contributed by atoms with van der Waals surface area (Å²) in [5.41, 5.74) is 3.06. The Kier molecular flexibility index (Phi) is 4.67. The molecule has 0 aliphatic carbocycles. The van der Waals surface area contributed by atoms with Crippen molar-refractivity contribution >= 4 is 44.7 Å². The summed E-state index contributed by atoms with van der Waals surface area (Å²) in [6.07, 6.45) is 1.26. The maximum Gasteiger partial charge on any atom is 0.282 e. The van der Waals surface area contributed by atoms with Gasteiger partial charge in [0.1, 0.15) is 0 Å². The zero-order valence-electron chi connectivity index (χ0n) is 17.2. The number of carbonyl (C=O) groups excluding carboxylic acids is 2. The molecule has 2 heterocycles. The molecule has 0 atom stereocenters. The van der Waals surface area contributed by atoms with Crippen molar-refractivity contribution in [2.75, 3.05) is 0 Å². The second kappa shape index (κ2) is 7.42. The summed E-state index contributed by atoms with van der Waals surface area (Å²) in [6, 6.07) is 16.2. The first-order valence-corrected chi connectivity index (χ1v) is 10.7. The van der Waals surface area contributed by atoms with E-state index >= 15 is 0 Å². The van der Waals surface area contributed by atoms with E-state index in [-0.39, 0.29) is 11.1 Å². The van der Waals surface area contributed by atoms with Crippen LogP contribution in [0.1, 0.15) is 37.5 Å². The highest BCUT2D eigenvalue weighted by molar-refractivity contribution is 9.10. The molecule has 0 fully saturated rings. The van der Waals surface area contributed by atoms with Crippen LogP contribution in [0.4, 0.5) is 0 Å². The zero-order valence-corrected chi connectivity index (χ0v) is 18.8. The van der Waals surface area contributed by atoms with Crippen molar-refractivity contribution in [1.82, 2.24) is 14.8 Å². The summed E-state index contributed by atoms with van der Waals surface area (Å²) in [7, 11) is 0. The van der Waals surface area contributed by atoms with Gasteiger partial charge in [0.05, 0.1) is 28.6 Å². The third-order valence-electron chi connectivity index (χ3n) is 5.54. The Morgan fingerprint density at radius 2 is 1.59 bits per heavy atom. The highest BCUT2D eigenvalue weighted by atomic mass is 79.9. The number of hydrazone groups is 1. The molecule has 158 valence electrons. The van der Waals surface area contributed by atoms with Crippen LogP contribution in [-0.2, 0) is 0 Å². The predicted octanol–water partition coefficient (Wildman–Crippen LogP) is 4.33. The summed E-state index contributed by atoms with van der Waals surface area (Å²) in [4.78, 5) is 39.1. The molecule has 32 heavy (non-hydrogen) atoms.